The second-order valence-electron chi connectivity index (χ2n) is 6.07. The second kappa shape index (κ2) is 5.65. The number of nitrogens with two attached hydrogens (primary N) is 1. The SMILES string of the molecule is CC(CC(C)(O)CN)N1CC(C)N(C)C(C)C1. The van der Waals surface area contributed by atoms with E-state index in [9.17, 15) is 5.11 Å². The van der Waals surface area contributed by atoms with Crippen LogP contribution in [0.15, 0.2) is 0 Å². The van der Waals surface area contributed by atoms with E-state index < -0.39 is 5.60 Å². The van der Waals surface area contributed by atoms with Gasteiger partial charge in [0.25, 0.3) is 0 Å². The average molecular weight is 243 g/mol. The summed E-state index contributed by atoms with van der Waals surface area (Å²) in [5.41, 5.74) is 4.84. The first-order valence-electron chi connectivity index (χ1n) is 6.65. The smallest absolute Gasteiger partial charge is 0.0756 e. The zero-order valence-corrected chi connectivity index (χ0v) is 12.0. The van der Waals surface area contributed by atoms with E-state index in [4.69, 9.17) is 5.73 Å². The van der Waals surface area contributed by atoms with Gasteiger partial charge in [0, 0.05) is 37.8 Å². The first-order chi connectivity index (χ1) is 7.76. The fourth-order valence-corrected chi connectivity index (χ4v) is 2.65. The van der Waals surface area contributed by atoms with E-state index in [1.807, 2.05) is 6.92 Å². The number of hydrogen-bond acceptors (Lipinski definition) is 4. The molecule has 3 N–H and O–H groups in total. The van der Waals surface area contributed by atoms with Gasteiger partial charge in [0.1, 0.15) is 0 Å². The standard InChI is InChI=1S/C13H29N3O/c1-10(6-13(4,17)9-14)16-7-11(2)15(5)12(3)8-16/h10-12,17H,6-9,14H2,1-5H3. The topological polar surface area (TPSA) is 52.7 Å². The molecule has 1 heterocycles. The molecule has 4 nitrogen and oxygen atoms in total. The molecule has 17 heavy (non-hydrogen) atoms. The van der Waals surface area contributed by atoms with Gasteiger partial charge in [0.05, 0.1) is 5.60 Å². The molecule has 0 aromatic carbocycles. The van der Waals surface area contributed by atoms with E-state index in [0.29, 0.717) is 24.7 Å². The molecule has 4 unspecified atom stereocenters. The molecule has 1 aliphatic rings. The van der Waals surface area contributed by atoms with Gasteiger partial charge >= 0.3 is 0 Å². The van der Waals surface area contributed by atoms with Crippen molar-refractivity contribution in [2.75, 3.05) is 26.7 Å². The van der Waals surface area contributed by atoms with E-state index in [2.05, 4.69) is 37.6 Å². The van der Waals surface area contributed by atoms with Crippen LogP contribution in [-0.4, -0.2) is 65.3 Å². The molecular formula is C13H29N3O. The molecule has 0 aliphatic carbocycles. The Labute approximate surface area is 106 Å². The highest BCUT2D eigenvalue weighted by molar-refractivity contribution is 4.88. The second-order valence-corrected chi connectivity index (χ2v) is 6.07. The lowest BCUT2D eigenvalue weighted by atomic mass is 9.95. The van der Waals surface area contributed by atoms with Gasteiger partial charge in [-0.25, -0.2) is 0 Å². The lowest BCUT2D eigenvalue weighted by Gasteiger charge is -2.45. The van der Waals surface area contributed by atoms with E-state index in [0.717, 1.165) is 19.5 Å². The summed E-state index contributed by atoms with van der Waals surface area (Å²) in [6, 6.07) is 1.53. The van der Waals surface area contributed by atoms with Crippen LogP contribution < -0.4 is 5.73 Å². The first-order valence-corrected chi connectivity index (χ1v) is 6.65. The molecule has 0 aromatic rings. The molecule has 4 atom stereocenters. The Bertz CT molecular complexity index is 233. The Balaban J connectivity index is 2.56. The van der Waals surface area contributed by atoms with Gasteiger partial charge in [-0.3, -0.25) is 9.80 Å². The molecule has 1 saturated heterocycles. The molecule has 4 heteroatoms. The zero-order chi connectivity index (χ0) is 13.2. The fraction of sp³-hybridized carbons (Fsp3) is 1.00. The van der Waals surface area contributed by atoms with E-state index in [1.165, 1.54) is 0 Å². The zero-order valence-electron chi connectivity index (χ0n) is 12.0. The third kappa shape index (κ3) is 3.91. The predicted molar refractivity (Wildman–Crippen MR) is 72.0 cm³/mol. The highest BCUT2D eigenvalue weighted by Gasteiger charge is 2.31. The van der Waals surface area contributed by atoms with E-state index in [-0.39, 0.29) is 0 Å². The molecule has 1 rings (SSSR count). The van der Waals surface area contributed by atoms with Crippen molar-refractivity contribution in [1.29, 1.82) is 0 Å². The summed E-state index contributed by atoms with van der Waals surface area (Å²) in [7, 11) is 2.19. The fourth-order valence-electron chi connectivity index (χ4n) is 2.65. The maximum atomic E-state index is 10.0. The first kappa shape index (κ1) is 14.9. The van der Waals surface area contributed by atoms with Gasteiger partial charge in [0.15, 0.2) is 0 Å². The molecule has 1 aliphatic heterocycles. The Morgan fingerprint density at radius 2 is 1.82 bits per heavy atom. The Hall–Kier alpha value is -0.160. The van der Waals surface area contributed by atoms with Gasteiger partial charge < -0.3 is 10.8 Å². The quantitative estimate of drug-likeness (QED) is 0.755. The third-order valence-corrected chi connectivity index (χ3v) is 4.19. The van der Waals surface area contributed by atoms with Crippen molar-refractivity contribution in [2.45, 2.75) is 57.8 Å². The summed E-state index contributed by atoms with van der Waals surface area (Å²) < 4.78 is 0. The predicted octanol–water partition coefficient (Wildman–Crippen LogP) is 0.499. The Morgan fingerprint density at radius 3 is 2.24 bits per heavy atom. The van der Waals surface area contributed by atoms with Crippen molar-refractivity contribution < 1.29 is 5.11 Å². The Kier molecular flexibility index (Phi) is 4.95. The normalized spacial score (nSPS) is 33.4. The van der Waals surface area contributed by atoms with Crippen LogP contribution in [0.4, 0.5) is 0 Å². The van der Waals surface area contributed by atoms with Crippen molar-refractivity contribution in [3.63, 3.8) is 0 Å². The van der Waals surface area contributed by atoms with Crippen LogP contribution in [0.3, 0.4) is 0 Å². The molecule has 0 amide bonds. The molecule has 1 fully saturated rings. The van der Waals surface area contributed by atoms with Crippen LogP contribution in [-0.2, 0) is 0 Å². The number of likely N-dealkylation sites (N-methyl/N-ethyl adjacent to an activating group) is 1. The minimum Gasteiger partial charge on any atom is -0.389 e. The highest BCUT2D eigenvalue weighted by atomic mass is 16.3. The molecule has 0 saturated carbocycles. The lowest BCUT2D eigenvalue weighted by molar-refractivity contribution is -0.00548. The van der Waals surface area contributed by atoms with Crippen LogP contribution in [0, 0.1) is 0 Å². The van der Waals surface area contributed by atoms with Crippen molar-refractivity contribution in [2.24, 2.45) is 5.73 Å². The third-order valence-electron chi connectivity index (χ3n) is 4.19. The molecule has 0 bridgehead atoms. The van der Waals surface area contributed by atoms with Crippen LogP contribution in [0.2, 0.25) is 0 Å². The average Bonchev–Trinajstić information content (AvgIpc) is 2.24. The minimum atomic E-state index is -0.741. The monoisotopic (exact) mass is 243 g/mol. The number of hydrogen-bond donors (Lipinski definition) is 2. The van der Waals surface area contributed by atoms with Crippen LogP contribution in [0.25, 0.3) is 0 Å². The van der Waals surface area contributed by atoms with Gasteiger partial charge in [-0.05, 0) is 41.2 Å². The van der Waals surface area contributed by atoms with Crippen molar-refractivity contribution in [3.05, 3.63) is 0 Å². The van der Waals surface area contributed by atoms with E-state index >= 15 is 0 Å². The van der Waals surface area contributed by atoms with Gasteiger partial charge in [0.2, 0.25) is 0 Å². The lowest BCUT2D eigenvalue weighted by Crippen LogP contribution is -2.58. The van der Waals surface area contributed by atoms with Gasteiger partial charge in [-0.1, -0.05) is 0 Å². The summed E-state index contributed by atoms with van der Waals surface area (Å²) in [6.07, 6.45) is 0.743. The molecule has 0 aromatic heterocycles. The number of aliphatic hydroxyl groups is 1. The summed E-state index contributed by atoms with van der Waals surface area (Å²) in [5.74, 6) is 0. The van der Waals surface area contributed by atoms with Gasteiger partial charge in [-0.2, -0.15) is 0 Å². The largest absolute Gasteiger partial charge is 0.389 e. The van der Waals surface area contributed by atoms with Crippen molar-refractivity contribution >= 4 is 0 Å². The van der Waals surface area contributed by atoms with E-state index in [1.54, 1.807) is 0 Å². The molecular weight excluding hydrogens is 214 g/mol. The van der Waals surface area contributed by atoms with Crippen LogP contribution in [0.5, 0.6) is 0 Å². The summed E-state index contributed by atoms with van der Waals surface area (Å²) in [4.78, 5) is 4.89. The maximum absolute atomic E-state index is 10.0. The molecule has 0 radical (unpaired) electrons. The molecule has 102 valence electrons. The highest BCUT2D eigenvalue weighted by Crippen LogP contribution is 2.20. The molecule has 0 spiro atoms. The summed E-state index contributed by atoms with van der Waals surface area (Å²) in [6.45, 7) is 11.0. The summed E-state index contributed by atoms with van der Waals surface area (Å²) in [5, 5.41) is 10.0. The van der Waals surface area contributed by atoms with Gasteiger partial charge in [-0.15, -0.1) is 0 Å². The van der Waals surface area contributed by atoms with Crippen molar-refractivity contribution in [1.82, 2.24) is 9.80 Å². The van der Waals surface area contributed by atoms with Crippen LogP contribution in [0.1, 0.15) is 34.1 Å². The number of nitrogens with zero attached hydrogens (tertiary/aromatic N) is 2. The minimum absolute atomic E-state index is 0.330. The van der Waals surface area contributed by atoms with Crippen LogP contribution >= 0.6 is 0 Å². The van der Waals surface area contributed by atoms with Crippen molar-refractivity contribution in [3.8, 4) is 0 Å². The summed E-state index contributed by atoms with van der Waals surface area (Å²) >= 11 is 0. The number of rotatable bonds is 4. The Morgan fingerprint density at radius 1 is 1.35 bits per heavy atom. The maximum Gasteiger partial charge on any atom is 0.0756 e. The number of piperazine rings is 1.